The van der Waals surface area contributed by atoms with E-state index in [4.69, 9.17) is 4.74 Å². The summed E-state index contributed by atoms with van der Waals surface area (Å²) < 4.78 is 5.98. The number of ether oxygens (including phenoxy) is 1. The smallest absolute Gasteiger partial charge is 0.326 e. The highest BCUT2D eigenvalue weighted by Crippen LogP contribution is 2.37. The lowest BCUT2D eigenvalue weighted by Gasteiger charge is -2.37. The maximum atomic E-state index is 14.1. The van der Waals surface area contributed by atoms with Crippen LogP contribution in [0, 0.1) is 11.8 Å². The lowest BCUT2D eigenvalue weighted by molar-refractivity contribution is -0.144. The van der Waals surface area contributed by atoms with Gasteiger partial charge in [-0.1, -0.05) is 186 Å². The first-order valence-electron chi connectivity index (χ1n) is 28.2. The van der Waals surface area contributed by atoms with Crippen LogP contribution in [0.25, 0.3) is 11.1 Å². The normalized spacial score (nSPS) is 13.4. The zero-order chi connectivity index (χ0) is 58.4. The van der Waals surface area contributed by atoms with Gasteiger partial charge in [-0.2, -0.15) is 0 Å². The molecule has 14 nitrogen and oxygen atoms in total. The number of carbonyl (C=O) groups excluding carboxylic acids is 7. The standard InChI is InChI=1S/C66H82N4O10/c1-9-11-16-30-56(59(73)41-45(3)62(76)68-55(64(78)79)43-60(74)69-66(52-24-17-13-18-25-52,53-26-19-14-20-27-53)54-28-21-15-22-29-54)70(8)61(75)40-39-57(71)46(4)67-63(77)51(44-80-65(5,6)7)42-58(72)50-37-35-49(36-38-50)48-33-31-47(32-34-48)23-12-10-2/h13-15,17-22,24-29,31-38,45-46,51,55-56H,9-12,16,23,30,39-44H2,1-8H3,(H,67,77)(H,68,76)(H,69,74)(H,78,79)/t45-,46-,51-,55+,56+/m1/s1. The van der Waals surface area contributed by atoms with Gasteiger partial charge in [-0.3, -0.25) is 33.6 Å². The van der Waals surface area contributed by atoms with E-state index in [-0.39, 0.29) is 38.1 Å². The minimum Gasteiger partial charge on any atom is -0.480 e. The first-order valence-corrected chi connectivity index (χ1v) is 28.2. The van der Waals surface area contributed by atoms with Gasteiger partial charge in [-0.05, 0) is 80.3 Å². The van der Waals surface area contributed by atoms with E-state index in [0.29, 0.717) is 18.4 Å². The number of amides is 4. The summed E-state index contributed by atoms with van der Waals surface area (Å²) in [6, 6.07) is 40.0. The number of ketones is 3. The van der Waals surface area contributed by atoms with Crippen molar-refractivity contribution in [2.75, 3.05) is 13.7 Å². The third-order valence-electron chi connectivity index (χ3n) is 14.5. The second-order valence-electron chi connectivity index (χ2n) is 21.9. The SMILES string of the molecule is CCCCC[C@@H](C(=O)C[C@@H](C)C(=O)N[C@@H](CC(=O)NC(c1ccccc1)(c1ccccc1)c1ccccc1)C(=O)O)N(C)C(=O)CCC(=O)[C@@H](C)NC(=O)[C@@H](COC(C)(C)C)CC(=O)c1ccc(-c2ccc(CCCC)cc2)cc1. The van der Waals surface area contributed by atoms with Crippen LogP contribution in [0.3, 0.4) is 0 Å². The average Bonchev–Trinajstić information content (AvgIpc) is 3.53. The van der Waals surface area contributed by atoms with Crippen molar-refractivity contribution in [3.05, 3.63) is 167 Å². The van der Waals surface area contributed by atoms with Gasteiger partial charge in [0.1, 0.15) is 11.6 Å². The molecule has 0 radical (unpaired) electrons. The van der Waals surface area contributed by atoms with Gasteiger partial charge in [0.15, 0.2) is 17.3 Å². The zero-order valence-electron chi connectivity index (χ0n) is 47.9. The fourth-order valence-electron chi connectivity index (χ4n) is 9.65. The molecule has 0 aliphatic carbocycles. The first kappa shape index (κ1) is 63.3. The fraction of sp³-hybridized carbons (Fsp3) is 0.424. The maximum Gasteiger partial charge on any atom is 0.326 e. The molecule has 0 unspecified atom stereocenters. The van der Waals surface area contributed by atoms with Crippen molar-refractivity contribution in [3.8, 4) is 11.1 Å². The van der Waals surface area contributed by atoms with Gasteiger partial charge in [0.05, 0.1) is 36.6 Å². The van der Waals surface area contributed by atoms with Crippen molar-refractivity contribution in [2.45, 2.75) is 155 Å². The van der Waals surface area contributed by atoms with Gasteiger partial charge in [-0.25, -0.2) is 4.79 Å². The minimum absolute atomic E-state index is 0.0705. The third-order valence-corrected chi connectivity index (χ3v) is 14.5. The molecule has 5 atom stereocenters. The van der Waals surface area contributed by atoms with E-state index in [1.807, 2.05) is 131 Å². The number of likely N-dealkylation sites (N-methyl/N-ethyl adjacent to an activating group) is 1. The molecule has 5 aromatic carbocycles. The Balaban J connectivity index is 1.18. The Bertz CT molecular complexity index is 2740. The molecule has 5 aromatic rings. The molecular weight excluding hydrogens is 1010 g/mol. The Labute approximate surface area is 472 Å². The second kappa shape index (κ2) is 30.7. The number of aliphatic carboxylic acids is 1. The summed E-state index contributed by atoms with van der Waals surface area (Å²) in [5, 5.41) is 18.7. The van der Waals surface area contributed by atoms with Gasteiger partial charge in [0.2, 0.25) is 23.6 Å². The van der Waals surface area contributed by atoms with Crippen molar-refractivity contribution in [3.63, 3.8) is 0 Å². The van der Waals surface area contributed by atoms with Crippen LogP contribution in [0.5, 0.6) is 0 Å². The Morgan fingerprint density at radius 3 is 1.62 bits per heavy atom. The number of carboxylic acid groups (broad SMARTS) is 1. The highest BCUT2D eigenvalue weighted by molar-refractivity contribution is 6.00. The Kier molecular flexibility index (Phi) is 24.3. The van der Waals surface area contributed by atoms with E-state index in [9.17, 15) is 43.5 Å². The quantitative estimate of drug-likeness (QED) is 0.0182. The molecule has 4 N–H and O–H groups in total. The molecule has 0 saturated carbocycles. The molecular formula is C66H82N4O10. The van der Waals surface area contributed by atoms with Crippen LogP contribution in [0.2, 0.25) is 0 Å². The van der Waals surface area contributed by atoms with E-state index in [0.717, 1.165) is 59.9 Å². The zero-order valence-corrected chi connectivity index (χ0v) is 47.9. The number of aryl methyl sites for hydroxylation is 1. The Hall–Kier alpha value is -7.58. The number of Topliss-reactive ketones (excluding diaryl/α,β-unsaturated/α-hetero) is 3. The summed E-state index contributed by atoms with van der Waals surface area (Å²) in [5.74, 6) is -6.94. The lowest BCUT2D eigenvalue weighted by atomic mass is 9.77. The lowest BCUT2D eigenvalue weighted by Crippen LogP contribution is -2.51. The van der Waals surface area contributed by atoms with Gasteiger partial charge in [0, 0.05) is 44.2 Å². The van der Waals surface area contributed by atoms with Crippen LogP contribution in [0.15, 0.2) is 140 Å². The predicted octanol–water partition coefficient (Wildman–Crippen LogP) is 10.6. The Morgan fingerprint density at radius 2 is 1.12 bits per heavy atom. The number of nitrogens with zero attached hydrogens (tertiary/aromatic N) is 1. The van der Waals surface area contributed by atoms with Crippen molar-refractivity contribution in [2.24, 2.45) is 11.8 Å². The largest absolute Gasteiger partial charge is 0.480 e. The third kappa shape index (κ3) is 18.5. The number of hydrogen-bond acceptors (Lipinski definition) is 9. The summed E-state index contributed by atoms with van der Waals surface area (Å²) in [5.41, 5.74) is 4.05. The summed E-state index contributed by atoms with van der Waals surface area (Å²) in [6.45, 7) is 12.6. The monoisotopic (exact) mass is 1090 g/mol. The molecule has 0 aliphatic heterocycles. The summed E-state index contributed by atoms with van der Waals surface area (Å²) in [4.78, 5) is 111. The van der Waals surface area contributed by atoms with E-state index in [1.165, 1.54) is 31.4 Å². The highest BCUT2D eigenvalue weighted by Gasteiger charge is 2.39. The molecule has 0 saturated heterocycles. The van der Waals surface area contributed by atoms with Gasteiger partial charge in [0.25, 0.3) is 0 Å². The van der Waals surface area contributed by atoms with Crippen molar-refractivity contribution >= 4 is 46.9 Å². The molecule has 0 aromatic heterocycles. The number of unbranched alkanes of at least 4 members (excludes halogenated alkanes) is 3. The molecule has 5 rings (SSSR count). The van der Waals surface area contributed by atoms with Gasteiger partial charge >= 0.3 is 5.97 Å². The number of carbonyl (C=O) groups is 8. The highest BCUT2D eigenvalue weighted by atomic mass is 16.5. The molecule has 0 heterocycles. The molecule has 4 amide bonds. The van der Waals surface area contributed by atoms with E-state index >= 15 is 0 Å². The van der Waals surface area contributed by atoms with Crippen LogP contribution >= 0.6 is 0 Å². The first-order chi connectivity index (χ1) is 38.2. The van der Waals surface area contributed by atoms with Gasteiger partial charge in [-0.15, -0.1) is 0 Å². The topological polar surface area (TPSA) is 205 Å². The number of nitrogens with one attached hydrogen (secondary N) is 3. The van der Waals surface area contributed by atoms with E-state index < -0.39 is 88.7 Å². The van der Waals surface area contributed by atoms with Crippen LogP contribution < -0.4 is 16.0 Å². The van der Waals surface area contributed by atoms with Crippen LogP contribution in [-0.2, 0) is 50.3 Å². The predicted molar refractivity (Wildman–Crippen MR) is 312 cm³/mol. The van der Waals surface area contributed by atoms with Crippen molar-refractivity contribution < 1.29 is 48.2 Å². The molecule has 80 heavy (non-hydrogen) atoms. The molecule has 0 bridgehead atoms. The molecule has 0 spiro atoms. The number of hydrogen-bond donors (Lipinski definition) is 4. The molecule has 14 heteroatoms. The minimum atomic E-state index is -1.65. The van der Waals surface area contributed by atoms with E-state index in [1.54, 1.807) is 12.1 Å². The molecule has 0 aliphatic rings. The van der Waals surface area contributed by atoms with Gasteiger partial charge < -0.3 is 30.7 Å². The number of benzene rings is 5. The average molecular weight is 1090 g/mol. The summed E-state index contributed by atoms with van der Waals surface area (Å²) >= 11 is 0. The van der Waals surface area contributed by atoms with Crippen LogP contribution in [0.4, 0.5) is 0 Å². The summed E-state index contributed by atoms with van der Waals surface area (Å²) in [6.07, 6.45) is 4.15. The fourth-order valence-corrected chi connectivity index (χ4v) is 9.65. The Morgan fingerprint density at radius 1 is 0.600 bits per heavy atom. The van der Waals surface area contributed by atoms with Crippen LogP contribution in [-0.4, -0.2) is 94.3 Å². The van der Waals surface area contributed by atoms with Crippen molar-refractivity contribution in [1.29, 1.82) is 0 Å². The van der Waals surface area contributed by atoms with Crippen LogP contribution in [0.1, 0.15) is 152 Å². The maximum absolute atomic E-state index is 14.1. The number of carboxylic acids is 1. The molecule has 426 valence electrons. The number of rotatable bonds is 32. The van der Waals surface area contributed by atoms with E-state index in [2.05, 4.69) is 47.1 Å². The summed E-state index contributed by atoms with van der Waals surface area (Å²) in [7, 11) is 1.48. The molecule has 0 fully saturated rings. The van der Waals surface area contributed by atoms with Crippen molar-refractivity contribution in [1.82, 2.24) is 20.9 Å². The second-order valence-corrected chi connectivity index (χ2v) is 21.9.